The summed E-state index contributed by atoms with van der Waals surface area (Å²) >= 11 is 0. The monoisotopic (exact) mass is 461 g/mol. The number of amides is 1. The summed E-state index contributed by atoms with van der Waals surface area (Å²) in [6.45, 7) is 2.01. The summed E-state index contributed by atoms with van der Waals surface area (Å²) < 4.78 is 33.6. The molecule has 0 spiro atoms. The number of sulfonamides is 1. The highest BCUT2D eigenvalue weighted by Crippen LogP contribution is 2.25. The highest BCUT2D eigenvalue weighted by atomic mass is 32.2. The fourth-order valence-electron chi connectivity index (χ4n) is 3.19. The highest BCUT2D eigenvalue weighted by Gasteiger charge is 2.16. The first-order valence-corrected chi connectivity index (χ1v) is 11.9. The molecule has 0 aliphatic heterocycles. The van der Waals surface area contributed by atoms with Crippen LogP contribution in [0.4, 0.5) is 11.4 Å². The summed E-state index contributed by atoms with van der Waals surface area (Å²) in [5.74, 6) is 0.821. The van der Waals surface area contributed by atoms with Crippen molar-refractivity contribution in [1.29, 1.82) is 0 Å². The lowest BCUT2D eigenvalue weighted by molar-refractivity contribution is -0.116. The van der Waals surface area contributed by atoms with Crippen molar-refractivity contribution in [3.05, 3.63) is 96.5 Å². The van der Waals surface area contributed by atoms with Crippen LogP contribution in [0.25, 0.3) is 11.3 Å². The summed E-state index contributed by atoms with van der Waals surface area (Å²) in [4.78, 5) is 16.9. The third-order valence-corrected chi connectivity index (χ3v) is 6.34. The highest BCUT2D eigenvalue weighted by molar-refractivity contribution is 7.92. The van der Waals surface area contributed by atoms with Crippen LogP contribution in [0.2, 0.25) is 0 Å². The van der Waals surface area contributed by atoms with Crippen molar-refractivity contribution in [2.75, 3.05) is 10.0 Å². The maximum absolute atomic E-state index is 12.6. The van der Waals surface area contributed by atoms with Crippen molar-refractivity contribution < 1.29 is 17.6 Å². The van der Waals surface area contributed by atoms with E-state index in [2.05, 4.69) is 15.0 Å². The lowest BCUT2D eigenvalue weighted by atomic mass is 10.1. The molecule has 0 fully saturated rings. The molecule has 0 bridgehead atoms. The number of benzene rings is 3. The van der Waals surface area contributed by atoms with Crippen LogP contribution in [0.5, 0.6) is 0 Å². The van der Waals surface area contributed by atoms with Gasteiger partial charge in [0.2, 0.25) is 5.91 Å². The van der Waals surface area contributed by atoms with Gasteiger partial charge in [-0.2, -0.15) is 0 Å². The molecule has 3 aromatic carbocycles. The summed E-state index contributed by atoms with van der Waals surface area (Å²) in [5.41, 5.74) is 2.73. The molecule has 2 N–H and O–H groups in total. The van der Waals surface area contributed by atoms with Gasteiger partial charge in [-0.05, 0) is 31.2 Å². The van der Waals surface area contributed by atoms with Crippen LogP contribution < -0.4 is 10.0 Å². The number of anilines is 2. The third-order valence-electron chi connectivity index (χ3n) is 4.95. The number of aromatic nitrogens is 1. The Kier molecular flexibility index (Phi) is 6.55. The fraction of sp³-hybridized carbons (Fsp3) is 0.120. The first-order chi connectivity index (χ1) is 15.9. The number of nitrogens with one attached hydrogen (secondary N) is 2. The van der Waals surface area contributed by atoms with E-state index in [1.54, 1.807) is 48.7 Å². The molecule has 1 aromatic heterocycles. The molecular weight excluding hydrogens is 438 g/mol. The molecule has 33 heavy (non-hydrogen) atoms. The Bertz CT molecular complexity index is 1350. The molecule has 8 heteroatoms. The Hall–Kier alpha value is -3.91. The molecule has 0 aliphatic rings. The van der Waals surface area contributed by atoms with Gasteiger partial charge in [0.1, 0.15) is 0 Å². The SMILES string of the molecule is Cc1ccc(-c2cnc(CCC(=O)Nc3ccccc3NS(=O)(=O)c3ccccc3)o2)cc1. The van der Waals surface area contributed by atoms with Gasteiger partial charge in [-0.25, -0.2) is 13.4 Å². The molecule has 168 valence electrons. The summed E-state index contributed by atoms with van der Waals surface area (Å²) in [6, 6.07) is 22.6. The summed E-state index contributed by atoms with van der Waals surface area (Å²) in [7, 11) is -3.78. The van der Waals surface area contributed by atoms with E-state index in [4.69, 9.17) is 4.42 Å². The quantitative estimate of drug-likeness (QED) is 0.384. The zero-order valence-corrected chi connectivity index (χ0v) is 18.8. The van der Waals surface area contributed by atoms with Gasteiger partial charge < -0.3 is 9.73 Å². The zero-order chi connectivity index (χ0) is 23.3. The number of rotatable bonds is 8. The van der Waals surface area contributed by atoms with E-state index in [1.165, 1.54) is 12.1 Å². The van der Waals surface area contributed by atoms with Crippen LogP contribution in [0, 0.1) is 6.92 Å². The van der Waals surface area contributed by atoms with Crippen LogP contribution in [0.3, 0.4) is 0 Å². The second-order valence-electron chi connectivity index (χ2n) is 7.50. The molecular formula is C25H23N3O4S. The van der Waals surface area contributed by atoms with Gasteiger partial charge in [0.15, 0.2) is 11.7 Å². The molecule has 0 saturated heterocycles. The number of aryl methyl sites for hydroxylation is 2. The molecule has 0 aliphatic carbocycles. The van der Waals surface area contributed by atoms with E-state index < -0.39 is 10.0 Å². The van der Waals surface area contributed by atoms with Crippen LogP contribution >= 0.6 is 0 Å². The zero-order valence-electron chi connectivity index (χ0n) is 18.0. The lowest BCUT2D eigenvalue weighted by Crippen LogP contribution is -2.17. The minimum Gasteiger partial charge on any atom is -0.441 e. The normalized spacial score (nSPS) is 11.2. The van der Waals surface area contributed by atoms with Gasteiger partial charge in [-0.3, -0.25) is 9.52 Å². The Morgan fingerprint density at radius 1 is 0.909 bits per heavy atom. The van der Waals surface area contributed by atoms with Gasteiger partial charge in [-0.15, -0.1) is 0 Å². The van der Waals surface area contributed by atoms with Crippen LogP contribution in [0.15, 0.2) is 94.4 Å². The van der Waals surface area contributed by atoms with Gasteiger partial charge in [0, 0.05) is 18.4 Å². The predicted molar refractivity (Wildman–Crippen MR) is 127 cm³/mol. The van der Waals surface area contributed by atoms with Gasteiger partial charge >= 0.3 is 0 Å². The van der Waals surface area contributed by atoms with Gasteiger partial charge in [0.25, 0.3) is 10.0 Å². The number of hydrogen-bond acceptors (Lipinski definition) is 5. The molecule has 0 atom stereocenters. The van der Waals surface area contributed by atoms with E-state index in [0.717, 1.165) is 11.1 Å². The summed E-state index contributed by atoms with van der Waals surface area (Å²) in [5, 5.41) is 2.76. The van der Waals surface area contributed by atoms with Crippen molar-refractivity contribution in [2.45, 2.75) is 24.7 Å². The van der Waals surface area contributed by atoms with Crippen LogP contribution in [-0.2, 0) is 21.2 Å². The van der Waals surface area contributed by atoms with Crippen molar-refractivity contribution in [3.63, 3.8) is 0 Å². The van der Waals surface area contributed by atoms with E-state index in [1.807, 2.05) is 31.2 Å². The molecule has 0 saturated carbocycles. The van der Waals surface area contributed by atoms with Gasteiger partial charge in [0.05, 0.1) is 22.5 Å². The second kappa shape index (κ2) is 9.70. The average molecular weight is 462 g/mol. The maximum atomic E-state index is 12.6. The maximum Gasteiger partial charge on any atom is 0.261 e. The van der Waals surface area contributed by atoms with E-state index in [-0.39, 0.29) is 22.9 Å². The Morgan fingerprint density at radius 2 is 1.58 bits per heavy atom. The number of hydrogen-bond donors (Lipinski definition) is 2. The molecule has 1 amide bonds. The molecule has 0 unspecified atom stereocenters. The number of carbonyl (C=O) groups excluding carboxylic acids is 1. The van der Waals surface area contributed by atoms with E-state index in [0.29, 0.717) is 23.8 Å². The number of para-hydroxylation sites is 2. The minimum absolute atomic E-state index is 0.133. The smallest absolute Gasteiger partial charge is 0.261 e. The average Bonchev–Trinajstić information content (AvgIpc) is 3.29. The molecule has 0 radical (unpaired) electrons. The first kappa shape index (κ1) is 22.3. The molecule has 1 heterocycles. The van der Waals surface area contributed by atoms with Crippen molar-refractivity contribution >= 4 is 27.3 Å². The lowest BCUT2D eigenvalue weighted by Gasteiger charge is -2.13. The second-order valence-corrected chi connectivity index (χ2v) is 9.18. The van der Waals surface area contributed by atoms with Crippen LogP contribution in [-0.4, -0.2) is 19.3 Å². The van der Waals surface area contributed by atoms with Crippen molar-refractivity contribution in [1.82, 2.24) is 4.98 Å². The van der Waals surface area contributed by atoms with Crippen LogP contribution in [0.1, 0.15) is 17.9 Å². The number of nitrogens with zero attached hydrogens (tertiary/aromatic N) is 1. The van der Waals surface area contributed by atoms with Crippen molar-refractivity contribution in [2.24, 2.45) is 0 Å². The molecule has 4 rings (SSSR count). The Balaban J connectivity index is 1.39. The summed E-state index contributed by atoms with van der Waals surface area (Å²) in [6.07, 6.45) is 2.09. The largest absolute Gasteiger partial charge is 0.441 e. The first-order valence-electron chi connectivity index (χ1n) is 10.4. The predicted octanol–water partition coefficient (Wildman–Crippen LogP) is 5.02. The minimum atomic E-state index is -3.78. The fourth-order valence-corrected chi connectivity index (χ4v) is 4.30. The molecule has 7 nitrogen and oxygen atoms in total. The Labute approximate surface area is 192 Å². The van der Waals surface area contributed by atoms with E-state index >= 15 is 0 Å². The third kappa shape index (κ3) is 5.67. The van der Waals surface area contributed by atoms with E-state index in [9.17, 15) is 13.2 Å². The number of oxazole rings is 1. The molecule has 4 aromatic rings. The van der Waals surface area contributed by atoms with Crippen molar-refractivity contribution in [3.8, 4) is 11.3 Å². The number of carbonyl (C=O) groups is 1. The van der Waals surface area contributed by atoms with Gasteiger partial charge in [-0.1, -0.05) is 60.2 Å². The Morgan fingerprint density at radius 3 is 2.30 bits per heavy atom. The topological polar surface area (TPSA) is 101 Å². The standard InChI is InChI=1S/C25H23N3O4S/c1-18-11-13-19(14-12-18)23-17-26-25(32-23)16-15-24(29)27-21-9-5-6-10-22(21)28-33(30,31)20-7-3-2-4-8-20/h2-14,17,28H,15-16H2,1H3,(H,27,29).